The Morgan fingerprint density at radius 3 is 1.50 bits per heavy atom. The summed E-state index contributed by atoms with van der Waals surface area (Å²) in [6, 6.07) is 11.7. The van der Waals surface area contributed by atoms with E-state index in [9.17, 15) is 15.3 Å². The van der Waals surface area contributed by atoms with Crippen LogP contribution in [0.2, 0.25) is 0 Å². The minimum absolute atomic E-state index is 0.222. The van der Waals surface area contributed by atoms with Crippen molar-refractivity contribution in [1.82, 2.24) is 0 Å². The van der Waals surface area contributed by atoms with Crippen molar-refractivity contribution in [3.8, 4) is 17.2 Å². The first-order valence-electron chi connectivity index (χ1n) is 9.24. The number of aromatic hydroxyl groups is 3. The average Bonchev–Trinajstić information content (AvgIpc) is 2.60. The topological polar surface area (TPSA) is 60.7 Å². The lowest BCUT2D eigenvalue weighted by Gasteiger charge is -2.15. The van der Waals surface area contributed by atoms with Gasteiger partial charge in [0, 0.05) is 12.8 Å². The second-order valence-electron chi connectivity index (χ2n) is 7.63. The second kappa shape index (κ2) is 8.03. The van der Waals surface area contributed by atoms with E-state index in [1.807, 2.05) is 64.1 Å². The fourth-order valence-corrected chi connectivity index (χ4v) is 4.58. The van der Waals surface area contributed by atoms with E-state index in [-0.39, 0.29) is 17.2 Å². The van der Waals surface area contributed by atoms with Crippen molar-refractivity contribution < 1.29 is 15.3 Å². The van der Waals surface area contributed by atoms with E-state index in [4.69, 9.17) is 0 Å². The van der Waals surface area contributed by atoms with Crippen LogP contribution in [-0.2, 0) is 12.8 Å². The predicted molar refractivity (Wildman–Crippen MR) is 122 cm³/mol. The van der Waals surface area contributed by atoms with Gasteiger partial charge in [-0.05, 0) is 89.7 Å². The molecule has 3 nitrogen and oxygen atoms in total. The van der Waals surface area contributed by atoms with Crippen LogP contribution in [0.5, 0.6) is 17.2 Å². The lowest BCUT2D eigenvalue weighted by atomic mass is 9.93. The van der Waals surface area contributed by atoms with Gasteiger partial charge in [0.25, 0.3) is 0 Å². The molecule has 0 saturated carbocycles. The minimum Gasteiger partial charge on any atom is -0.507 e. The van der Waals surface area contributed by atoms with Gasteiger partial charge in [-0.15, -0.1) is 0 Å². The summed E-state index contributed by atoms with van der Waals surface area (Å²) in [6.45, 7) is 7.87. The fraction of sp³-hybridized carbons (Fsp3) is 0.250. The molecular formula is C24H25IO3. The maximum atomic E-state index is 10.9. The Kier molecular flexibility index (Phi) is 5.89. The van der Waals surface area contributed by atoms with E-state index in [0.717, 1.165) is 48.1 Å². The van der Waals surface area contributed by atoms with Crippen LogP contribution in [0.15, 0.2) is 36.4 Å². The molecule has 0 aliphatic rings. The standard InChI is InChI=1S/C24H25IO3/c1-13-5-16(4)22(26)17(6-13)11-18-7-14(2)8-19(23(18)27)12-20-9-15(3)10-21(25)24(20)28/h5-10,26-28H,11-12H2,1-4H3. The highest BCUT2D eigenvalue weighted by molar-refractivity contribution is 14.1. The van der Waals surface area contributed by atoms with Crippen molar-refractivity contribution in [2.45, 2.75) is 40.5 Å². The zero-order chi connectivity index (χ0) is 20.6. The first kappa shape index (κ1) is 20.5. The molecule has 146 valence electrons. The summed E-state index contributed by atoms with van der Waals surface area (Å²) in [5.74, 6) is 0.764. The van der Waals surface area contributed by atoms with Gasteiger partial charge in [-0.1, -0.05) is 41.5 Å². The van der Waals surface area contributed by atoms with Gasteiger partial charge in [-0.2, -0.15) is 0 Å². The third-order valence-electron chi connectivity index (χ3n) is 4.98. The number of hydrogen-bond donors (Lipinski definition) is 3. The maximum absolute atomic E-state index is 10.9. The van der Waals surface area contributed by atoms with Gasteiger partial charge in [-0.3, -0.25) is 0 Å². The molecule has 0 aliphatic heterocycles. The lowest BCUT2D eigenvalue weighted by Crippen LogP contribution is -1.98. The molecule has 0 atom stereocenters. The van der Waals surface area contributed by atoms with Crippen LogP contribution in [0.3, 0.4) is 0 Å². The molecule has 28 heavy (non-hydrogen) atoms. The van der Waals surface area contributed by atoms with E-state index in [1.165, 1.54) is 0 Å². The molecule has 0 amide bonds. The quantitative estimate of drug-likeness (QED) is 0.406. The molecule has 0 heterocycles. The molecule has 3 rings (SSSR count). The summed E-state index contributed by atoms with van der Waals surface area (Å²) in [4.78, 5) is 0. The molecule has 0 unspecified atom stereocenters. The molecule has 3 N–H and O–H groups in total. The van der Waals surface area contributed by atoms with E-state index >= 15 is 0 Å². The van der Waals surface area contributed by atoms with Gasteiger partial charge in [0.1, 0.15) is 17.2 Å². The molecule has 0 radical (unpaired) electrons. The van der Waals surface area contributed by atoms with Gasteiger partial charge < -0.3 is 15.3 Å². The predicted octanol–water partition coefficient (Wildman–Crippen LogP) is 5.82. The van der Waals surface area contributed by atoms with Crippen molar-refractivity contribution in [1.29, 1.82) is 0 Å². The van der Waals surface area contributed by atoms with Crippen molar-refractivity contribution in [3.63, 3.8) is 0 Å². The monoisotopic (exact) mass is 488 g/mol. The Balaban J connectivity index is 2.02. The van der Waals surface area contributed by atoms with Crippen molar-refractivity contribution in [3.05, 3.63) is 84.5 Å². The van der Waals surface area contributed by atoms with Crippen LogP contribution < -0.4 is 0 Å². The number of halogens is 1. The molecule has 0 aliphatic carbocycles. The van der Waals surface area contributed by atoms with Crippen LogP contribution in [0.4, 0.5) is 0 Å². The number of aryl methyl sites for hydroxylation is 4. The smallest absolute Gasteiger partial charge is 0.132 e. The summed E-state index contributed by atoms with van der Waals surface area (Å²) in [5, 5.41) is 31.8. The van der Waals surface area contributed by atoms with Gasteiger partial charge in [0.15, 0.2) is 0 Å². The molecule has 0 fully saturated rings. The highest BCUT2D eigenvalue weighted by Gasteiger charge is 2.15. The third-order valence-corrected chi connectivity index (χ3v) is 5.81. The summed E-state index contributed by atoms with van der Waals surface area (Å²) in [7, 11) is 0. The van der Waals surface area contributed by atoms with Crippen LogP contribution in [0.1, 0.15) is 44.5 Å². The van der Waals surface area contributed by atoms with Gasteiger partial charge in [0.2, 0.25) is 0 Å². The molecule has 0 saturated heterocycles. The highest BCUT2D eigenvalue weighted by atomic mass is 127. The average molecular weight is 488 g/mol. The number of rotatable bonds is 4. The summed E-state index contributed by atoms with van der Waals surface area (Å²) in [6.07, 6.45) is 0.898. The minimum atomic E-state index is 0.222. The first-order chi connectivity index (χ1) is 13.2. The van der Waals surface area contributed by atoms with Crippen LogP contribution in [0, 0.1) is 31.3 Å². The summed E-state index contributed by atoms with van der Waals surface area (Å²) >= 11 is 2.12. The SMILES string of the molecule is Cc1cc(C)c(O)c(Cc2cc(C)cc(Cc3cc(C)cc(I)c3O)c2O)c1. The number of phenols is 3. The zero-order valence-electron chi connectivity index (χ0n) is 16.6. The van der Waals surface area contributed by atoms with Crippen molar-refractivity contribution in [2.75, 3.05) is 0 Å². The zero-order valence-corrected chi connectivity index (χ0v) is 18.8. The van der Waals surface area contributed by atoms with E-state index in [1.54, 1.807) is 0 Å². The first-order valence-corrected chi connectivity index (χ1v) is 10.3. The third kappa shape index (κ3) is 4.27. The lowest BCUT2D eigenvalue weighted by molar-refractivity contribution is 0.455. The molecule has 4 heteroatoms. The van der Waals surface area contributed by atoms with Gasteiger partial charge in [0.05, 0.1) is 3.57 Å². The van der Waals surface area contributed by atoms with E-state index < -0.39 is 0 Å². The Bertz CT molecular complexity index is 974. The molecule has 3 aromatic rings. The maximum Gasteiger partial charge on any atom is 0.132 e. The Morgan fingerprint density at radius 1 is 0.571 bits per heavy atom. The van der Waals surface area contributed by atoms with Crippen molar-refractivity contribution >= 4 is 22.6 Å². The number of phenolic OH excluding ortho intramolecular Hbond substituents is 3. The van der Waals surface area contributed by atoms with Crippen molar-refractivity contribution in [2.24, 2.45) is 0 Å². The van der Waals surface area contributed by atoms with Crippen LogP contribution in [-0.4, -0.2) is 15.3 Å². The Morgan fingerprint density at radius 2 is 0.964 bits per heavy atom. The Hall–Kier alpha value is -2.21. The van der Waals surface area contributed by atoms with E-state index in [0.29, 0.717) is 12.8 Å². The fourth-order valence-electron chi connectivity index (χ4n) is 3.74. The Labute approximate surface area is 179 Å². The summed E-state index contributed by atoms with van der Waals surface area (Å²) in [5.41, 5.74) is 7.17. The number of hydrogen-bond acceptors (Lipinski definition) is 3. The normalized spacial score (nSPS) is 11.0. The number of benzene rings is 3. The highest BCUT2D eigenvalue weighted by Crippen LogP contribution is 2.35. The van der Waals surface area contributed by atoms with Crippen LogP contribution in [0.25, 0.3) is 0 Å². The van der Waals surface area contributed by atoms with E-state index in [2.05, 4.69) is 22.6 Å². The van der Waals surface area contributed by atoms with Crippen LogP contribution >= 0.6 is 22.6 Å². The van der Waals surface area contributed by atoms with Gasteiger partial charge >= 0.3 is 0 Å². The van der Waals surface area contributed by atoms with Gasteiger partial charge in [-0.25, -0.2) is 0 Å². The molecule has 0 aromatic heterocycles. The molecule has 0 bridgehead atoms. The molecule has 3 aromatic carbocycles. The summed E-state index contributed by atoms with van der Waals surface area (Å²) < 4.78 is 0.806. The molecular weight excluding hydrogens is 463 g/mol. The molecule has 0 spiro atoms. The largest absolute Gasteiger partial charge is 0.507 e. The second-order valence-corrected chi connectivity index (χ2v) is 8.79.